The molecular weight excluding hydrogens is 258 g/mol. The molecule has 0 bridgehead atoms. The minimum atomic E-state index is -0.894. The van der Waals surface area contributed by atoms with Crippen molar-refractivity contribution in [3.8, 4) is 0 Å². The van der Waals surface area contributed by atoms with Gasteiger partial charge in [-0.1, -0.05) is 13.3 Å². The predicted molar refractivity (Wildman–Crippen MR) is 79.3 cm³/mol. The standard InChI is InChI=1S/C15H21NO2S/c1-2-3-12-6-7-16(9-12)10-14-8-13(11-19-14)4-5-15(17)18/h4-5,8,11-12H,2-3,6-7,9-10H2,1H3,(H,17,18)/b5-4+. The quantitative estimate of drug-likeness (QED) is 0.811. The van der Waals surface area contributed by atoms with E-state index in [0.717, 1.165) is 18.0 Å². The molecule has 104 valence electrons. The van der Waals surface area contributed by atoms with E-state index in [0.29, 0.717) is 0 Å². The summed E-state index contributed by atoms with van der Waals surface area (Å²) in [7, 11) is 0. The molecule has 0 aromatic carbocycles. The summed E-state index contributed by atoms with van der Waals surface area (Å²) in [6, 6.07) is 2.09. The summed E-state index contributed by atoms with van der Waals surface area (Å²) in [5.41, 5.74) is 0.992. The topological polar surface area (TPSA) is 40.5 Å². The van der Waals surface area contributed by atoms with Crippen LogP contribution >= 0.6 is 11.3 Å². The zero-order valence-electron chi connectivity index (χ0n) is 11.3. The number of aliphatic carboxylic acids is 1. The number of thiophene rings is 1. The molecule has 0 radical (unpaired) electrons. The first-order valence-electron chi connectivity index (χ1n) is 6.88. The Morgan fingerprint density at radius 3 is 3.21 bits per heavy atom. The molecule has 1 aliphatic rings. The second-order valence-electron chi connectivity index (χ2n) is 5.20. The predicted octanol–water partition coefficient (Wildman–Crippen LogP) is 3.47. The maximum Gasteiger partial charge on any atom is 0.328 e. The molecule has 1 saturated heterocycles. The minimum Gasteiger partial charge on any atom is -0.478 e. The van der Waals surface area contributed by atoms with Gasteiger partial charge < -0.3 is 5.11 Å². The van der Waals surface area contributed by atoms with Crippen molar-refractivity contribution in [2.75, 3.05) is 13.1 Å². The lowest BCUT2D eigenvalue weighted by molar-refractivity contribution is -0.131. The minimum absolute atomic E-state index is 0.872. The summed E-state index contributed by atoms with van der Waals surface area (Å²) < 4.78 is 0. The highest BCUT2D eigenvalue weighted by atomic mass is 32.1. The molecule has 1 atom stereocenters. The molecular formula is C15H21NO2S. The third kappa shape index (κ3) is 4.48. The average Bonchev–Trinajstić information content (AvgIpc) is 2.98. The van der Waals surface area contributed by atoms with Crippen molar-refractivity contribution in [3.63, 3.8) is 0 Å². The summed E-state index contributed by atoms with van der Waals surface area (Å²) in [4.78, 5) is 14.3. The maximum atomic E-state index is 10.5. The number of rotatable bonds is 6. The van der Waals surface area contributed by atoms with E-state index in [1.54, 1.807) is 17.4 Å². The summed E-state index contributed by atoms with van der Waals surface area (Å²) in [6.45, 7) is 5.67. The van der Waals surface area contributed by atoms with E-state index in [1.807, 2.05) is 5.38 Å². The number of carboxylic acids is 1. The molecule has 3 nitrogen and oxygen atoms in total. The number of carbonyl (C=O) groups is 1. The summed E-state index contributed by atoms with van der Waals surface area (Å²) in [6.07, 6.45) is 6.80. The lowest BCUT2D eigenvalue weighted by Gasteiger charge is -2.14. The number of nitrogens with zero attached hydrogens (tertiary/aromatic N) is 1. The van der Waals surface area contributed by atoms with Crippen molar-refractivity contribution in [2.24, 2.45) is 5.92 Å². The Kier molecular flexibility index (Phi) is 5.16. The first-order valence-corrected chi connectivity index (χ1v) is 7.76. The molecule has 1 unspecified atom stereocenters. The largest absolute Gasteiger partial charge is 0.478 e. The SMILES string of the molecule is CCCC1CCN(Cc2cc(/C=C/C(=O)O)cs2)C1. The van der Waals surface area contributed by atoms with Gasteiger partial charge in [-0.25, -0.2) is 4.79 Å². The van der Waals surface area contributed by atoms with Crippen LogP contribution in [0.1, 0.15) is 36.6 Å². The van der Waals surface area contributed by atoms with Gasteiger partial charge in [0, 0.05) is 24.0 Å². The molecule has 2 rings (SSSR count). The van der Waals surface area contributed by atoms with Crippen molar-refractivity contribution in [2.45, 2.75) is 32.7 Å². The average molecular weight is 279 g/mol. The highest BCUT2D eigenvalue weighted by molar-refractivity contribution is 7.10. The summed E-state index contributed by atoms with van der Waals surface area (Å²) in [5.74, 6) is -0.0222. The Morgan fingerprint density at radius 2 is 2.47 bits per heavy atom. The Bertz CT molecular complexity index is 453. The molecule has 4 heteroatoms. The zero-order chi connectivity index (χ0) is 13.7. The van der Waals surface area contributed by atoms with Crippen LogP contribution in [0.3, 0.4) is 0 Å². The fraction of sp³-hybridized carbons (Fsp3) is 0.533. The molecule has 1 fully saturated rings. The number of likely N-dealkylation sites (tertiary alicyclic amines) is 1. The zero-order valence-corrected chi connectivity index (χ0v) is 12.2. The number of hydrogen-bond donors (Lipinski definition) is 1. The first kappa shape index (κ1) is 14.3. The third-order valence-corrected chi connectivity index (χ3v) is 4.48. The second kappa shape index (κ2) is 6.87. The fourth-order valence-corrected chi connectivity index (χ4v) is 3.55. The van der Waals surface area contributed by atoms with Gasteiger partial charge in [0.2, 0.25) is 0 Å². The third-order valence-electron chi connectivity index (χ3n) is 3.54. The van der Waals surface area contributed by atoms with Crippen LogP contribution in [0.25, 0.3) is 6.08 Å². The molecule has 0 aliphatic carbocycles. The van der Waals surface area contributed by atoms with Gasteiger partial charge in [-0.3, -0.25) is 4.90 Å². The molecule has 1 N–H and O–H groups in total. The molecule has 2 heterocycles. The van der Waals surface area contributed by atoms with Gasteiger partial charge in [-0.05, 0) is 48.4 Å². The van der Waals surface area contributed by atoms with Crippen LogP contribution in [0.2, 0.25) is 0 Å². The Hall–Kier alpha value is -1.13. The Labute approximate surface area is 118 Å². The lowest BCUT2D eigenvalue weighted by atomic mass is 10.0. The van der Waals surface area contributed by atoms with Gasteiger partial charge in [0.1, 0.15) is 0 Å². The van der Waals surface area contributed by atoms with E-state index in [-0.39, 0.29) is 0 Å². The summed E-state index contributed by atoms with van der Waals surface area (Å²) in [5, 5.41) is 10.6. The first-order chi connectivity index (χ1) is 9.17. The second-order valence-corrected chi connectivity index (χ2v) is 6.19. The van der Waals surface area contributed by atoms with Gasteiger partial charge in [-0.15, -0.1) is 11.3 Å². The molecule has 0 amide bonds. The molecule has 0 spiro atoms. The van der Waals surface area contributed by atoms with Crippen LogP contribution in [0, 0.1) is 5.92 Å². The van der Waals surface area contributed by atoms with Crippen molar-refractivity contribution in [1.82, 2.24) is 4.90 Å². The molecule has 0 saturated carbocycles. The monoisotopic (exact) mass is 279 g/mol. The van der Waals surface area contributed by atoms with Gasteiger partial charge in [0.05, 0.1) is 0 Å². The highest BCUT2D eigenvalue weighted by Gasteiger charge is 2.21. The van der Waals surface area contributed by atoms with E-state index < -0.39 is 5.97 Å². The van der Waals surface area contributed by atoms with E-state index in [1.165, 1.54) is 43.3 Å². The Morgan fingerprint density at radius 1 is 1.63 bits per heavy atom. The van der Waals surface area contributed by atoms with Crippen LogP contribution in [-0.4, -0.2) is 29.1 Å². The van der Waals surface area contributed by atoms with Crippen LogP contribution in [0.15, 0.2) is 17.5 Å². The van der Waals surface area contributed by atoms with Gasteiger partial charge in [0.25, 0.3) is 0 Å². The van der Waals surface area contributed by atoms with Crippen LogP contribution in [0.5, 0.6) is 0 Å². The molecule has 19 heavy (non-hydrogen) atoms. The van der Waals surface area contributed by atoms with Gasteiger partial charge in [-0.2, -0.15) is 0 Å². The van der Waals surface area contributed by atoms with Crippen molar-refractivity contribution in [3.05, 3.63) is 28.0 Å². The van der Waals surface area contributed by atoms with E-state index in [9.17, 15) is 4.79 Å². The van der Waals surface area contributed by atoms with Crippen LogP contribution in [-0.2, 0) is 11.3 Å². The van der Waals surface area contributed by atoms with Crippen molar-refractivity contribution in [1.29, 1.82) is 0 Å². The fourth-order valence-electron chi connectivity index (χ4n) is 2.66. The summed E-state index contributed by atoms with van der Waals surface area (Å²) >= 11 is 1.72. The Balaban J connectivity index is 1.85. The van der Waals surface area contributed by atoms with E-state index in [2.05, 4.69) is 17.9 Å². The van der Waals surface area contributed by atoms with Crippen molar-refractivity contribution < 1.29 is 9.90 Å². The highest BCUT2D eigenvalue weighted by Crippen LogP contribution is 2.25. The molecule has 1 aromatic rings. The lowest BCUT2D eigenvalue weighted by Crippen LogP contribution is -2.19. The van der Waals surface area contributed by atoms with Crippen LogP contribution < -0.4 is 0 Å². The molecule has 1 aromatic heterocycles. The van der Waals surface area contributed by atoms with E-state index >= 15 is 0 Å². The van der Waals surface area contributed by atoms with Gasteiger partial charge in [0.15, 0.2) is 0 Å². The normalized spacial score (nSPS) is 20.4. The number of hydrogen-bond acceptors (Lipinski definition) is 3. The van der Waals surface area contributed by atoms with Crippen molar-refractivity contribution >= 4 is 23.4 Å². The van der Waals surface area contributed by atoms with Crippen LogP contribution in [0.4, 0.5) is 0 Å². The smallest absolute Gasteiger partial charge is 0.328 e. The maximum absolute atomic E-state index is 10.5. The van der Waals surface area contributed by atoms with E-state index in [4.69, 9.17) is 5.11 Å². The number of carboxylic acid groups (broad SMARTS) is 1. The van der Waals surface area contributed by atoms with Gasteiger partial charge >= 0.3 is 5.97 Å². The molecule has 1 aliphatic heterocycles.